The van der Waals surface area contributed by atoms with Gasteiger partial charge in [-0.05, 0) is 37.9 Å². The highest BCUT2D eigenvalue weighted by atomic mass is 35.5. The molecular formula is C14H20ClF3N4S. The van der Waals surface area contributed by atoms with Gasteiger partial charge in [-0.2, -0.15) is 18.3 Å². The second-order valence-electron chi connectivity index (χ2n) is 5.58. The molecule has 1 aliphatic rings. The Morgan fingerprint density at radius 1 is 1.35 bits per heavy atom. The molecule has 0 amide bonds. The molecule has 0 spiro atoms. The van der Waals surface area contributed by atoms with Gasteiger partial charge < -0.3 is 10.6 Å². The van der Waals surface area contributed by atoms with Crippen LogP contribution in [0, 0.1) is 0 Å². The van der Waals surface area contributed by atoms with Crippen molar-refractivity contribution in [3.8, 4) is 0 Å². The summed E-state index contributed by atoms with van der Waals surface area (Å²) in [5.41, 5.74) is -0.458. The van der Waals surface area contributed by atoms with Crippen LogP contribution in [-0.2, 0) is 12.7 Å². The molecule has 0 atom stereocenters. The van der Waals surface area contributed by atoms with Crippen LogP contribution in [0.5, 0.6) is 0 Å². The number of thiocarbonyl (C=S) groups is 1. The predicted molar refractivity (Wildman–Crippen MR) is 87.7 cm³/mol. The molecule has 0 radical (unpaired) electrons. The average molecular weight is 369 g/mol. The van der Waals surface area contributed by atoms with Gasteiger partial charge in [0.05, 0.1) is 10.7 Å². The standard InChI is InChI=1S/C14H20ClF3N4S/c1-2-6-19-13(23)20-7-3-8-22-11(9-4-5-9)10(15)12(21-22)14(16,17)18/h9H,2-8H2,1H3,(H2,19,20,23). The van der Waals surface area contributed by atoms with Crippen LogP contribution in [-0.4, -0.2) is 28.0 Å². The number of hydrogen-bond donors (Lipinski definition) is 2. The normalized spacial score (nSPS) is 14.8. The number of hydrogen-bond acceptors (Lipinski definition) is 2. The van der Waals surface area contributed by atoms with Crippen LogP contribution in [0.4, 0.5) is 13.2 Å². The third kappa shape index (κ3) is 4.97. The topological polar surface area (TPSA) is 41.9 Å². The molecule has 23 heavy (non-hydrogen) atoms. The van der Waals surface area contributed by atoms with E-state index in [1.165, 1.54) is 4.68 Å². The van der Waals surface area contributed by atoms with Crippen molar-refractivity contribution in [3.63, 3.8) is 0 Å². The van der Waals surface area contributed by atoms with Crippen molar-refractivity contribution in [3.05, 3.63) is 16.4 Å². The van der Waals surface area contributed by atoms with Crippen molar-refractivity contribution < 1.29 is 13.2 Å². The molecule has 1 aromatic heterocycles. The molecule has 0 aliphatic heterocycles. The number of rotatable bonds is 7. The van der Waals surface area contributed by atoms with Crippen LogP contribution in [0.25, 0.3) is 0 Å². The minimum Gasteiger partial charge on any atom is -0.363 e. The van der Waals surface area contributed by atoms with E-state index in [0.717, 1.165) is 25.8 Å². The first-order valence-corrected chi connectivity index (χ1v) is 8.48. The van der Waals surface area contributed by atoms with Crippen LogP contribution >= 0.6 is 23.8 Å². The first-order valence-electron chi connectivity index (χ1n) is 7.69. The second-order valence-corrected chi connectivity index (χ2v) is 6.37. The molecule has 0 unspecified atom stereocenters. The maximum absolute atomic E-state index is 12.9. The summed E-state index contributed by atoms with van der Waals surface area (Å²) in [6.07, 6.45) is -1.20. The van der Waals surface area contributed by atoms with Crippen LogP contribution in [0.15, 0.2) is 0 Å². The Balaban J connectivity index is 1.93. The second kappa shape index (κ2) is 7.70. The lowest BCUT2D eigenvalue weighted by Crippen LogP contribution is -2.36. The molecule has 1 saturated carbocycles. The van der Waals surface area contributed by atoms with E-state index < -0.39 is 11.9 Å². The highest BCUT2D eigenvalue weighted by Crippen LogP contribution is 2.46. The quantitative estimate of drug-likeness (QED) is 0.569. The van der Waals surface area contributed by atoms with Gasteiger partial charge in [-0.25, -0.2) is 0 Å². The van der Waals surface area contributed by atoms with Crippen molar-refractivity contribution in [2.24, 2.45) is 0 Å². The summed E-state index contributed by atoms with van der Waals surface area (Å²) in [6, 6.07) is 0. The lowest BCUT2D eigenvalue weighted by Gasteiger charge is -2.10. The van der Waals surface area contributed by atoms with Gasteiger partial charge in [0.15, 0.2) is 10.8 Å². The summed E-state index contributed by atoms with van der Waals surface area (Å²) in [5, 5.41) is 10.1. The highest BCUT2D eigenvalue weighted by Gasteiger charge is 2.41. The Hall–Kier alpha value is -1.02. The van der Waals surface area contributed by atoms with E-state index in [4.69, 9.17) is 23.8 Å². The average Bonchev–Trinajstić information content (AvgIpc) is 3.24. The zero-order valence-electron chi connectivity index (χ0n) is 12.8. The molecular weight excluding hydrogens is 349 g/mol. The van der Waals surface area contributed by atoms with E-state index in [0.29, 0.717) is 30.3 Å². The van der Waals surface area contributed by atoms with Crippen molar-refractivity contribution >= 4 is 28.9 Å². The van der Waals surface area contributed by atoms with Gasteiger partial charge in [0.2, 0.25) is 0 Å². The minimum absolute atomic E-state index is 0.103. The number of aryl methyl sites for hydroxylation is 1. The molecule has 9 heteroatoms. The molecule has 4 nitrogen and oxygen atoms in total. The monoisotopic (exact) mass is 368 g/mol. The van der Waals surface area contributed by atoms with E-state index >= 15 is 0 Å². The molecule has 2 rings (SSSR count). The smallest absolute Gasteiger partial charge is 0.363 e. The van der Waals surface area contributed by atoms with E-state index in [1.807, 2.05) is 6.92 Å². The fourth-order valence-electron chi connectivity index (χ4n) is 2.28. The number of halogens is 4. The SMILES string of the molecule is CCCNC(=S)NCCCn1nc(C(F)(F)F)c(Cl)c1C1CC1. The Morgan fingerprint density at radius 2 is 2.00 bits per heavy atom. The van der Waals surface area contributed by atoms with Gasteiger partial charge in [0.25, 0.3) is 0 Å². The molecule has 130 valence electrons. The zero-order valence-corrected chi connectivity index (χ0v) is 14.4. The van der Waals surface area contributed by atoms with E-state index in [1.54, 1.807) is 0 Å². The van der Waals surface area contributed by atoms with Gasteiger partial charge in [0.1, 0.15) is 0 Å². The molecule has 0 saturated heterocycles. The first-order chi connectivity index (χ1) is 10.8. The highest BCUT2D eigenvalue weighted by molar-refractivity contribution is 7.80. The third-order valence-corrected chi connectivity index (χ3v) is 4.19. The van der Waals surface area contributed by atoms with E-state index in [-0.39, 0.29) is 10.9 Å². The predicted octanol–water partition coefficient (Wildman–Crippen LogP) is 3.70. The lowest BCUT2D eigenvalue weighted by molar-refractivity contribution is -0.141. The van der Waals surface area contributed by atoms with Crippen molar-refractivity contribution in [1.29, 1.82) is 0 Å². The van der Waals surface area contributed by atoms with Gasteiger partial charge in [-0.3, -0.25) is 4.68 Å². The summed E-state index contributed by atoms with van der Waals surface area (Å²) < 4.78 is 40.2. The minimum atomic E-state index is -4.52. The van der Waals surface area contributed by atoms with Crippen molar-refractivity contribution in [1.82, 2.24) is 20.4 Å². The van der Waals surface area contributed by atoms with E-state index in [2.05, 4.69) is 15.7 Å². The van der Waals surface area contributed by atoms with Gasteiger partial charge in [-0.1, -0.05) is 18.5 Å². The Bertz CT molecular complexity index is 555. The Kier molecular flexibility index (Phi) is 6.13. The first kappa shape index (κ1) is 18.3. The summed E-state index contributed by atoms with van der Waals surface area (Å²) in [7, 11) is 0. The maximum atomic E-state index is 12.9. The van der Waals surface area contributed by atoms with Crippen LogP contribution in [0.2, 0.25) is 5.02 Å². The molecule has 1 aliphatic carbocycles. The molecule has 1 aromatic rings. The largest absolute Gasteiger partial charge is 0.436 e. The molecule has 1 heterocycles. The summed E-state index contributed by atoms with van der Waals surface area (Å²) >= 11 is 11.0. The van der Waals surface area contributed by atoms with Crippen LogP contribution in [0.1, 0.15) is 49.9 Å². The maximum Gasteiger partial charge on any atom is 0.436 e. The summed E-state index contributed by atoms with van der Waals surface area (Å²) in [5.74, 6) is 0.103. The summed E-state index contributed by atoms with van der Waals surface area (Å²) in [6.45, 7) is 3.78. The number of alkyl halides is 3. The van der Waals surface area contributed by atoms with Crippen LogP contribution in [0.3, 0.4) is 0 Å². The number of nitrogens with zero attached hydrogens (tertiary/aromatic N) is 2. The fourth-order valence-corrected chi connectivity index (χ4v) is 2.88. The number of nitrogens with one attached hydrogen (secondary N) is 2. The molecule has 1 fully saturated rings. The fraction of sp³-hybridized carbons (Fsp3) is 0.714. The molecule has 0 bridgehead atoms. The van der Waals surface area contributed by atoms with Gasteiger partial charge in [0, 0.05) is 25.6 Å². The van der Waals surface area contributed by atoms with E-state index in [9.17, 15) is 13.2 Å². The number of aromatic nitrogens is 2. The zero-order chi connectivity index (χ0) is 17.0. The van der Waals surface area contributed by atoms with Crippen molar-refractivity contribution in [2.75, 3.05) is 13.1 Å². The Morgan fingerprint density at radius 3 is 2.57 bits per heavy atom. The Labute approximate surface area is 143 Å². The van der Waals surface area contributed by atoms with Crippen LogP contribution < -0.4 is 10.6 Å². The van der Waals surface area contributed by atoms with Gasteiger partial charge >= 0.3 is 6.18 Å². The van der Waals surface area contributed by atoms with Crippen molar-refractivity contribution in [2.45, 2.75) is 51.2 Å². The molecule has 2 N–H and O–H groups in total. The van der Waals surface area contributed by atoms with Gasteiger partial charge in [-0.15, -0.1) is 0 Å². The lowest BCUT2D eigenvalue weighted by atomic mass is 10.2. The molecule has 0 aromatic carbocycles. The summed E-state index contributed by atoms with van der Waals surface area (Å²) in [4.78, 5) is 0. The third-order valence-electron chi connectivity index (χ3n) is 3.53.